The van der Waals surface area contributed by atoms with Gasteiger partial charge in [-0.25, -0.2) is 0 Å². The Kier molecular flexibility index (Phi) is 11.2. The first-order chi connectivity index (χ1) is 16.1. The highest BCUT2D eigenvalue weighted by Gasteiger charge is 2.16. The maximum absolute atomic E-state index is 12.1. The van der Waals surface area contributed by atoms with E-state index >= 15 is 0 Å². The molecule has 0 spiro atoms. The molecule has 0 aromatic heterocycles. The highest BCUT2D eigenvalue weighted by Crippen LogP contribution is 2.39. The van der Waals surface area contributed by atoms with Crippen molar-refractivity contribution in [2.75, 3.05) is 39.3 Å². The zero-order valence-electron chi connectivity index (χ0n) is 19.1. The molecule has 1 heterocycles. The van der Waals surface area contributed by atoms with Crippen LogP contribution < -0.4 is 4.74 Å². The summed E-state index contributed by atoms with van der Waals surface area (Å²) in [6, 6.07) is 11.7. The maximum Gasteiger partial charge on any atom is 0.310 e. The Balaban J connectivity index is 1.19. The Morgan fingerprint density at radius 3 is 2.45 bits per heavy atom. The molecule has 1 aliphatic rings. The number of unbranched alkanes of at least 4 members (excludes halogenated alkanes) is 1. The van der Waals surface area contributed by atoms with Gasteiger partial charge in [-0.3, -0.25) is 9.59 Å². The van der Waals surface area contributed by atoms with Crippen molar-refractivity contribution in [1.82, 2.24) is 0 Å². The number of hydrogen-bond acceptors (Lipinski definition) is 8. The van der Waals surface area contributed by atoms with Crippen LogP contribution in [-0.2, 0) is 30.2 Å². The van der Waals surface area contributed by atoms with Crippen LogP contribution in [0.25, 0.3) is 10.8 Å². The Morgan fingerprint density at radius 2 is 1.70 bits per heavy atom. The fraction of sp³-hybridized carbons (Fsp3) is 0.520. The predicted molar refractivity (Wildman–Crippen MR) is 134 cm³/mol. The zero-order valence-corrected chi connectivity index (χ0v) is 20.7. The predicted octanol–water partition coefficient (Wildman–Crippen LogP) is 5.21. The fourth-order valence-electron chi connectivity index (χ4n) is 3.54. The highest BCUT2D eigenvalue weighted by molar-refractivity contribution is 8.77. The van der Waals surface area contributed by atoms with E-state index in [0.29, 0.717) is 13.0 Å². The van der Waals surface area contributed by atoms with E-state index in [9.17, 15) is 9.59 Å². The summed E-state index contributed by atoms with van der Waals surface area (Å²) in [5.74, 6) is 1.58. The molecule has 6 nitrogen and oxygen atoms in total. The largest absolute Gasteiger partial charge is 0.497 e. The lowest BCUT2D eigenvalue weighted by atomic mass is 10.0. The third-order valence-electron chi connectivity index (χ3n) is 5.33. The van der Waals surface area contributed by atoms with Crippen molar-refractivity contribution in [3.63, 3.8) is 0 Å². The summed E-state index contributed by atoms with van der Waals surface area (Å²) in [6.07, 6.45) is 5.09. The van der Waals surface area contributed by atoms with Gasteiger partial charge in [-0.05, 0) is 47.7 Å². The molecule has 0 bridgehead atoms. The van der Waals surface area contributed by atoms with E-state index in [1.807, 2.05) is 58.0 Å². The Labute approximate surface area is 203 Å². The van der Waals surface area contributed by atoms with E-state index in [4.69, 9.17) is 18.9 Å². The van der Waals surface area contributed by atoms with Gasteiger partial charge >= 0.3 is 11.9 Å². The molecule has 0 radical (unpaired) electrons. The Hall–Kier alpha value is -1.90. The quantitative estimate of drug-likeness (QED) is 0.202. The average Bonchev–Trinajstić information content (AvgIpc) is 3.34. The number of rotatable bonds is 14. The maximum atomic E-state index is 12.1. The van der Waals surface area contributed by atoms with Gasteiger partial charge in [0.25, 0.3) is 0 Å². The molecule has 0 aliphatic carbocycles. The molecule has 2 aromatic rings. The van der Waals surface area contributed by atoms with Crippen molar-refractivity contribution in [3.05, 3.63) is 42.0 Å². The second-order valence-corrected chi connectivity index (χ2v) is 10.6. The summed E-state index contributed by atoms with van der Waals surface area (Å²) in [4.78, 5) is 23.8. The van der Waals surface area contributed by atoms with E-state index in [1.54, 1.807) is 7.11 Å². The zero-order chi connectivity index (χ0) is 23.3. The molecule has 1 fully saturated rings. The molecule has 1 unspecified atom stereocenters. The van der Waals surface area contributed by atoms with Gasteiger partial charge in [0.2, 0.25) is 0 Å². The number of fused-ring (bicyclic) bond motifs is 1. The molecule has 0 saturated carbocycles. The third-order valence-corrected chi connectivity index (χ3v) is 8.33. The van der Waals surface area contributed by atoms with Crippen LogP contribution in [0.2, 0.25) is 0 Å². The van der Waals surface area contributed by atoms with Gasteiger partial charge in [0, 0.05) is 17.4 Å². The molecule has 1 atom stereocenters. The van der Waals surface area contributed by atoms with Crippen LogP contribution in [-0.4, -0.2) is 56.5 Å². The number of esters is 2. The topological polar surface area (TPSA) is 71.1 Å². The molecule has 1 saturated heterocycles. The van der Waals surface area contributed by atoms with Crippen molar-refractivity contribution < 1.29 is 28.5 Å². The highest BCUT2D eigenvalue weighted by atomic mass is 33.1. The third kappa shape index (κ3) is 9.47. The number of hydrogen-bond donors (Lipinski definition) is 0. The minimum atomic E-state index is -0.299. The molecule has 33 heavy (non-hydrogen) atoms. The lowest BCUT2D eigenvalue weighted by molar-refractivity contribution is -0.146. The summed E-state index contributed by atoms with van der Waals surface area (Å²) in [5, 5.41) is 2.86. The number of carbonyl (C=O) groups is 2. The van der Waals surface area contributed by atoms with Gasteiger partial charge in [0.15, 0.2) is 0 Å². The number of methoxy groups -OCH3 is 1. The fourth-order valence-corrected chi connectivity index (χ4v) is 6.56. The van der Waals surface area contributed by atoms with E-state index in [1.165, 1.54) is 18.6 Å². The number of carbonyl (C=O) groups excluding carboxylic acids is 2. The van der Waals surface area contributed by atoms with E-state index in [-0.39, 0.29) is 38.2 Å². The smallest absolute Gasteiger partial charge is 0.310 e. The first kappa shape index (κ1) is 25.7. The summed E-state index contributed by atoms with van der Waals surface area (Å²) < 4.78 is 21.0. The van der Waals surface area contributed by atoms with Crippen LogP contribution in [0.5, 0.6) is 5.75 Å². The molecule has 8 heteroatoms. The van der Waals surface area contributed by atoms with Crippen molar-refractivity contribution in [3.8, 4) is 5.75 Å². The van der Waals surface area contributed by atoms with Crippen LogP contribution in [0, 0.1) is 0 Å². The van der Waals surface area contributed by atoms with Crippen LogP contribution >= 0.6 is 21.6 Å². The normalized spacial score (nSPS) is 15.5. The second-order valence-electron chi connectivity index (χ2n) is 7.85. The van der Waals surface area contributed by atoms with Gasteiger partial charge < -0.3 is 18.9 Å². The summed E-state index contributed by atoms with van der Waals surface area (Å²) in [5.41, 5.74) is 0.895. The molecular formula is C25H32O6S2. The molecule has 3 rings (SSSR count). The van der Waals surface area contributed by atoms with Crippen molar-refractivity contribution >= 4 is 44.3 Å². The first-order valence-electron chi connectivity index (χ1n) is 11.4. The second kappa shape index (κ2) is 14.4. The van der Waals surface area contributed by atoms with Gasteiger partial charge in [0.05, 0.1) is 26.7 Å². The summed E-state index contributed by atoms with van der Waals surface area (Å²) in [7, 11) is 5.56. The summed E-state index contributed by atoms with van der Waals surface area (Å²) in [6.45, 7) is 0.976. The van der Waals surface area contributed by atoms with E-state index < -0.39 is 0 Å². The van der Waals surface area contributed by atoms with Gasteiger partial charge in [0.1, 0.15) is 19.0 Å². The van der Waals surface area contributed by atoms with Crippen molar-refractivity contribution in [2.24, 2.45) is 0 Å². The molecular weight excluding hydrogens is 460 g/mol. The molecule has 1 aliphatic heterocycles. The van der Waals surface area contributed by atoms with E-state index in [0.717, 1.165) is 40.2 Å². The first-order valence-corrected chi connectivity index (χ1v) is 13.8. The van der Waals surface area contributed by atoms with Crippen molar-refractivity contribution in [2.45, 2.75) is 43.8 Å². The van der Waals surface area contributed by atoms with Crippen molar-refractivity contribution in [1.29, 1.82) is 0 Å². The molecule has 0 N–H and O–H groups in total. The molecule has 180 valence electrons. The number of ether oxygens (including phenoxy) is 4. The SMILES string of the molecule is COc1ccc2cc(CC(=O)OCCOCCOC(=O)CCCCC3CCSS3)ccc2c1. The van der Waals surface area contributed by atoms with Gasteiger partial charge in [-0.15, -0.1) is 0 Å². The van der Waals surface area contributed by atoms with Gasteiger partial charge in [-0.1, -0.05) is 52.3 Å². The van der Waals surface area contributed by atoms with Gasteiger partial charge in [-0.2, -0.15) is 0 Å². The Bertz CT molecular complexity index is 898. The Morgan fingerprint density at radius 1 is 0.939 bits per heavy atom. The number of benzene rings is 2. The molecule has 0 amide bonds. The molecule has 2 aromatic carbocycles. The average molecular weight is 493 g/mol. The summed E-state index contributed by atoms with van der Waals surface area (Å²) >= 11 is 0. The van der Waals surface area contributed by atoms with Crippen LogP contribution in [0.1, 0.15) is 37.7 Å². The van der Waals surface area contributed by atoms with Crippen LogP contribution in [0.4, 0.5) is 0 Å². The van der Waals surface area contributed by atoms with Crippen LogP contribution in [0.15, 0.2) is 36.4 Å². The standard InChI is InChI=1S/C25H32O6S2/c1-28-22-9-8-20-16-19(6-7-21(20)18-22)17-25(27)31-14-12-29-11-13-30-24(26)5-3-2-4-23-10-15-32-33-23/h6-9,16,18,23H,2-5,10-15,17H2,1H3. The lowest BCUT2D eigenvalue weighted by Gasteiger charge is -2.09. The van der Waals surface area contributed by atoms with E-state index in [2.05, 4.69) is 0 Å². The minimum absolute atomic E-state index is 0.174. The monoisotopic (exact) mass is 492 g/mol. The minimum Gasteiger partial charge on any atom is -0.497 e. The van der Waals surface area contributed by atoms with Crippen LogP contribution in [0.3, 0.4) is 0 Å². The lowest BCUT2D eigenvalue weighted by Crippen LogP contribution is -2.15.